The number of aryl methyl sites for hydroxylation is 1. The van der Waals surface area contributed by atoms with Crippen LogP contribution in [0.2, 0.25) is 0 Å². The second-order valence-corrected chi connectivity index (χ2v) is 5.71. The quantitative estimate of drug-likeness (QED) is 0.760. The maximum atomic E-state index is 12.8. The summed E-state index contributed by atoms with van der Waals surface area (Å²) in [6.45, 7) is 6.56. The van der Waals surface area contributed by atoms with E-state index >= 15 is 0 Å². The number of ether oxygens (including phenoxy) is 1. The van der Waals surface area contributed by atoms with Crippen LogP contribution in [-0.2, 0) is 6.54 Å². The molecule has 0 saturated heterocycles. The van der Waals surface area contributed by atoms with E-state index in [1.165, 1.54) is 12.1 Å². The minimum absolute atomic E-state index is 0.136. The standard InChI is InChI=1S/C16H22FN3O/c1-16(2,12-21-15-6-4-14(17)5-7-15)19-8-3-10-20-11-9-18-13-20/h4-7,9,11,13,19H,3,8,10,12H2,1-2H3. The first-order valence-electron chi connectivity index (χ1n) is 7.14. The van der Waals surface area contributed by atoms with Gasteiger partial charge in [-0.05, 0) is 51.1 Å². The molecule has 114 valence electrons. The van der Waals surface area contributed by atoms with E-state index in [2.05, 4.69) is 28.7 Å². The summed E-state index contributed by atoms with van der Waals surface area (Å²) in [7, 11) is 0. The number of rotatable bonds is 8. The molecule has 0 radical (unpaired) electrons. The van der Waals surface area contributed by atoms with Crippen LogP contribution in [0.1, 0.15) is 20.3 Å². The van der Waals surface area contributed by atoms with Crippen molar-refractivity contribution in [3.63, 3.8) is 0 Å². The zero-order valence-corrected chi connectivity index (χ0v) is 12.6. The number of halogens is 1. The smallest absolute Gasteiger partial charge is 0.123 e. The molecule has 0 spiro atoms. The van der Waals surface area contributed by atoms with Crippen LogP contribution in [0.15, 0.2) is 43.0 Å². The van der Waals surface area contributed by atoms with Crippen LogP contribution in [0.4, 0.5) is 4.39 Å². The van der Waals surface area contributed by atoms with Gasteiger partial charge in [-0.1, -0.05) is 0 Å². The van der Waals surface area contributed by atoms with Crippen molar-refractivity contribution in [3.8, 4) is 5.75 Å². The van der Waals surface area contributed by atoms with Crippen LogP contribution in [0, 0.1) is 5.82 Å². The summed E-state index contributed by atoms with van der Waals surface area (Å²) < 4.78 is 20.6. The first-order chi connectivity index (χ1) is 10.1. The van der Waals surface area contributed by atoms with Crippen LogP contribution in [-0.4, -0.2) is 28.2 Å². The van der Waals surface area contributed by atoms with Gasteiger partial charge in [-0.3, -0.25) is 0 Å². The molecule has 0 amide bonds. The molecule has 0 saturated carbocycles. The minimum Gasteiger partial charge on any atom is -0.492 e. The lowest BCUT2D eigenvalue weighted by Gasteiger charge is -2.26. The van der Waals surface area contributed by atoms with Gasteiger partial charge in [0.15, 0.2) is 0 Å². The molecule has 2 aromatic rings. The fourth-order valence-electron chi connectivity index (χ4n) is 1.95. The predicted octanol–water partition coefficient (Wildman–Crippen LogP) is 2.86. The van der Waals surface area contributed by atoms with Crippen molar-refractivity contribution in [3.05, 3.63) is 48.8 Å². The fourth-order valence-corrected chi connectivity index (χ4v) is 1.95. The van der Waals surface area contributed by atoms with Gasteiger partial charge >= 0.3 is 0 Å². The van der Waals surface area contributed by atoms with Crippen molar-refractivity contribution < 1.29 is 9.13 Å². The molecule has 21 heavy (non-hydrogen) atoms. The highest BCUT2D eigenvalue weighted by Crippen LogP contribution is 2.13. The minimum atomic E-state index is -0.251. The third kappa shape index (κ3) is 5.55. The molecule has 1 aromatic heterocycles. The highest BCUT2D eigenvalue weighted by Gasteiger charge is 2.17. The molecule has 0 aliphatic heterocycles. The summed E-state index contributed by atoms with van der Waals surface area (Å²) in [6, 6.07) is 6.09. The van der Waals surface area contributed by atoms with E-state index in [-0.39, 0.29) is 11.4 Å². The SMILES string of the molecule is CC(C)(COc1ccc(F)cc1)NCCCn1ccnc1. The normalized spacial score (nSPS) is 11.6. The lowest BCUT2D eigenvalue weighted by atomic mass is 10.1. The van der Waals surface area contributed by atoms with E-state index < -0.39 is 0 Å². The Morgan fingerprint density at radius 2 is 2.05 bits per heavy atom. The lowest BCUT2D eigenvalue weighted by molar-refractivity contribution is 0.207. The van der Waals surface area contributed by atoms with Gasteiger partial charge in [-0.25, -0.2) is 9.37 Å². The van der Waals surface area contributed by atoms with Gasteiger partial charge in [0.05, 0.1) is 6.33 Å². The maximum absolute atomic E-state index is 12.8. The Kier molecular flexibility index (Phi) is 5.33. The van der Waals surface area contributed by atoms with E-state index in [4.69, 9.17) is 4.74 Å². The van der Waals surface area contributed by atoms with Crippen molar-refractivity contribution in [2.24, 2.45) is 0 Å². The van der Waals surface area contributed by atoms with E-state index in [1.54, 1.807) is 18.3 Å². The number of aromatic nitrogens is 2. The molecule has 1 N–H and O–H groups in total. The van der Waals surface area contributed by atoms with E-state index in [9.17, 15) is 4.39 Å². The zero-order valence-electron chi connectivity index (χ0n) is 12.6. The predicted molar refractivity (Wildman–Crippen MR) is 80.8 cm³/mol. The van der Waals surface area contributed by atoms with Crippen molar-refractivity contribution in [2.45, 2.75) is 32.4 Å². The van der Waals surface area contributed by atoms with Gasteiger partial charge in [0.2, 0.25) is 0 Å². The molecule has 0 bridgehead atoms. The average molecular weight is 291 g/mol. The molecule has 5 heteroatoms. The number of hydrogen-bond donors (Lipinski definition) is 1. The summed E-state index contributed by atoms with van der Waals surface area (Å²) in [5, 5.41) is 3.47. The van der Waals surface area contributed by atoms with Crippen LogP contribution < -0.4 is 10.1 Å². The fraction of sp³-hybridized carbons (Fsp3) is 0.438. The first kappa shape index (κ1) is 15.5. The molecule has 0 aliphatic rings. The summed E-state index contributed by atoms with van der Waals surface area (Å²) in [4.78, 5) is 4.01. The molecular weight excluding hydrogens is 269 g/mol. The van der Waals surface area contributed by atoms with Gasteiger partial charge in [0, 0.05) is 24.5 Å². The summed E-state index contributed by atoms with van der Waals surface area (Å²) >= 11 is 0. The number of imidazole rings is 1. The van der Waals surface area contributed by atoms with E-state index in [0.717, 1.165) is 19.5 Å². The second-order valence-electron chi connectivity index (χ2n) is 5.71. The van der Waals surface area contributed by atoms with Crippen molar-refractivity contribution >= 4 is 0 Å². The lowest BCUT2D eigenvalue weighted by Crippen LogP contribution is -2.45. The van der Waals surface area contributed by atoms with Gasteiger partial charge < -0.3 is 14.6 Å². The molecule has 2 rings (SSSR count). The maximum Gasteiger partial charge on any atom is 0.123 e. The molecular formula is C16H22FN3O. The van der Waals surface area contributed by atoms with Gasteiger partial charge in [0.1, 0.15) is 18.2 Å². The van der Waals surface area contributed by atoms with Crippen LogP contribution in [0.25, 0.3) is 0 Å². The Morgan fingerprint density at radius 3 is 2.71 bits per heavy atom. The zero-order chi connectivity index (χ0) is 15.1. The van der Waals surface area contributed by atoms with Crippen molar-refractivity contribution in [1.29, 1.82) is 0 Å². The van der Waals surface area contributed by atoms with Crippen molar-refractivity contribution in [1.82, 2.24) is 14.9 Å². The Hall–Kier alpha value is -1.88. The van der Waals surface area contributed by atoms with Crippen molar-refractivity contribution in [2.75, 3.05) is 13.2 Å². The molecule has 0 unspecified atom stereocenters. The average Bonchev–Trinajstić information content (AvgIpc) is 2.96. The first-order valence-corrected chi connectivity index (χ1v) is 7.14. The third-order valence-electron chi connectivity index (χ3n) is 3.17. The summed E-state index contributed by atoms with van der Waals surface area (Å²) in [5.74, 6) is 0.434. The van der Waals surface area contributed by atoms with E-state index in [0.29, 0.717) is 12.4 Å². The highest BCUT2D eigenvalue weighted by molar-refractivity contribution is 5.22. The van der Waals surface area contributed by atoms with Crippen LogP contribution >= 0.6 is 0 Å². The monoisotopic (exact) mass is 291 g/mol. The Bertz CT molecular complexity index is 523. The molecule has 4 nitrogen and oxygen atoms in total. The number of hydrogen-bond acceptors (Lipinski definition) is 3. The topological polar surface area (TPSA) is 39.1 Å². The Labute approximate surface area is 125 Å². The molecule has 1 aromatic carbocycles. The van der Waals surface area contributed by atoms with E-state index in [1.807, 2.05) is 12.5 Å². The van der Waals surface area contributed by atoms with Gasteiger partial charge in [-0.15, -0.1) is 0 Å². The van der Waals surface area contributed by atoms with Crippen LogP contribution in [0.5, 0.6) is 5.75 Å². The third-order valence-corrected chi connectivity index (χ3v) is 3.17. The number of nitrogens with zero attached hydrogens (tertiary/aromatic N) is 2. The van der Waals surface area contributed by atoms with Crippen LogP contribution in [0.3, 0.4) is 0 Å². The number of nitrogens with one attached hydrogen (secondary N) is 1. The summed E-state index contributed by atoms with van der Waals surface area (Å²) in [6.07, 6.45) is 6.59. The molecule has 1 heterocycles. The number of benzene rings is 1. The molecule has 0 fully saturated rings. The Morgan fingerprint density at radius 1 is 1.29 bits per heavy atom. The second kappa shape index (κ2) is 7.22. The molecule has 0 atom stereocenters. The van der Waals surface area contributed by atoms with Gasteiger partial charge in [-0.2, -0.15) is 0 Å². The van der Waals surface area contributed by atoms with Gasteiger partial charge in [0.25, 0.3) is 0 Å². The summed E-state index contributed by atoms with van der Waals surface area (Å²) in [5.41, 5.74) is -0.136. The molecule has 0 aliphatic carbocycles. The Balaban J connectivity index is 1.67. The largest absolute Gasteiger partial charge is 0.492 e. The highest BCUT2D eigenvalue weighted by atomic mass is 19.1.